The Morgan fingerprint density at radius 3 is 2.24 bits per heavy atom. The molecule has 10 heterocycles. The lowest BCUT2D eigenvalue weighted by molar-refractivity contribution is -0.307. The maximum absolute atomic E-state index is 12.5. The molecule has 7 saturated heterocycles. The Balaban J connectivity index is 0.727. The van der Waals surface area contributed by atoms with Crippen LogP contribution in [0.15, 0.2) is 78.9 Å². The molecule has 14 heteroatoms. The van der Waals surface area contributed by atoms with Gasteiger partial charge in [-0.1, -0.05) is 75.1 Å². The molecule has 0 spiro atoms. The summed E-state index contributed by atoms with van der Waals surface area (Å²) in [6, 6.07) is 8.89. The Morgan fingerprint density at radius 2 is 1.40 bits per heavy atom. The van der Waals surface area contributed by atoms with Crippen LogP contribution in [-0.2, 0) is 56.9 Å². The Morgan fingerprint density at radius 1 is 0.671 bits per heavy atom. The fourth-order valence-electron chi connectivity index (χ4n) is 13.6. The van der Waals surface area contributed by atoms with E-state index in [4.69, 9.17) is 52.1 Å². The molecule has 11 rings (SSSR count). The maximum Gasteiger partial charge on any atom is 0.338 e. The lowest BCUT2D eigenvalue weighted by Gasteiger charge is -2.54. The van der Waals surface area contributed by atoms with E-state index in [0.29, 0.717) is 62.8 Å². The maximum atomic E-state index is 12.5. The van der Waals surface area contributed by atoms with Gasteiger partial charge in [0.15, 0.2) is 0 Å². The highest BCUT2D eigenvalue weighted by Gasteiger charge is 2.57. The van der Waals surface area contributed by atoms with Crippen molar-refractivity contribution in [3.63, 3.8) is 0 Å². The van der Waals surface area contributed by atoms with Crippen molar-refractivity contribution in [2.75, 3.05) is 6.61 Å². The highest BCUT2D eigenvalue weighted by molar-refractivity contribution is 5.89. The van der Waals surface area contributed by atoms with Crippen molar-refractivity contribution in [1.82, 2.24) is 0 Å². The quantitative estimate of drug-likeness (QED) is 0.230. The van der Waals surface area contributed by atoms with Gasteiger partial charge in [-0.05, 0) is 94.8 Å². The fraction of sp³-hybridized carbons (Fsp3) is 0.714. The van der Waals surface area contributed by atoms with Crippen LogP contribution in [0, 0.1) is 11.8 Å². The van der Waals surface area contributed by atoms with E-state index < -0.39 is 29.4 Å². The van der Waals surface area contributed by atoms with E-state index >= 15 is 0 Å². The van der Waals surface area contributed by atoms with Crippen molar-refractivity contribution in [2.45, 2.75) is 232 Å². The summed E-state index contributed by atoms with van der Waals surface area (Å²) in [6.45, 7) is 13.0. The van der Waals surface area contributed by atoms with E-state index in [1.807, 2.05) is 6.07 Å². The molecule has 7 fully saturated rings. The average molecular weight is 971 g/mol. The van der Waals surface area contributed by atoms with Crippen molar-refractivity contribution in [1.29, 1.82) is 0 Å². The Labute approximate surface area is 412 Å². The average Bonchev–Trinajstić information content (AvgIpc) is 3.62. The zero-order valence-corrected chi connectivity index (χ0v) is 41.3. The Bertz CT molecular complexity index is 2140. The lowest BCUT2D eigenvalue weighted by Crippen LogP contribution is -2.64. The molecule has 10 aliphatic rings. The first-order chi connectivity index (χ1) is 33.8. The third-order valence-corrected chi connectivity index (χ3v) is 17.1. The molecule has 0 aliphatic carbocycles. The summed E-state index contributed by atoms with van der Waals surface area (Å²) in [5, 5.41) is 11.5. The number of aliphatic hydroxyl groups is 1. The van der Waals surface area contributed by atoms with E-state index in [2.05, 4.69) is 70.7 Å². The highest BCUT2D eigenvalue weighted by Crippen LogP contribution is 2.48. The van der Waals surface area contributed by atoms with Gasteiger partial charge in [0.2, 0.25) is 0 Å². The number of carbonyl (C=O) groups excluding carboxylic acids is 2. The standard InChI is InChI=1S/C56H74O14/c1-31-22-42-45(27-51(58)66-42)65-50-26-44-46(70-55(50,4)28-31)23-33(3)52-41(63-44)16-10-9-15-37-38(67-52)17-11-19-40-39(62-37)18-12-20-49-56(5,69-40)29-48-43(64-49)25-47-53(68-48)36(57)24-35(61-47)21-32(2)30-60-54(59)34-13-7-6-8-14-34/h6-14,19-20,31,33,35-50,52-53,57H,2,15-18,21-30H2,1,3-5H3/b10-9-,19-11-,20-12-. The number of fused-ring (bicyclic) bond motifs is 9. The number of ether oxygens (including phenoxy) is 11. The summed E-state index contributed by atoms with van der Waals surface area (Å²) in [5.41, 5.74) is -0.0149. The van der Waals surface area contributed by atoms with Crippen LogP contribution in [0.5, 0.6) is 0 Å². The fourth-order valence-corrected chi connectivity index (χ4v) is 13.6. The van der Waals surface area contributed by atoms with Gasteiger partial charge in [-0.2, -0.15) is 0 Å². The molecule has 22 atom stereocenters. The molecule has 382 valence electrons. The molecule has 0 saturated carbocycles. The monoisotopic (exact) mass is 971 g/mol. The molecule has 14 nitrogen and oxygen atoms in total. The summed E-state index contributed by atoms with van der Waals surface area (Å²) in [5.74, 6) is -0.0977. The predicted molar refractivity (Wildman–Crippen MR) is 255 cm³/mol. The van der Waals surface area contributed by atoms with Gasteiger partial charge in [0.1, 0.15) is 37.1 Å². The lowest BCUT2D eigenvalue weighted by atomic mass is 9.78. The van der Waals surface area contributed by atoms with Gasteiger partial charge in [-0.15, -0.1) is 0 Å². The Hall–Kier alpha value is -3.28. The highest BCUT2D eigenvalue weighted by atomic mass is 16.6. The van der Waals surface area contributed by atoms with Gasteiger partial charge < -0.3 is 57.2 Å². The van der Waals surface area contributed by atoms with Gasteiger partial charge in [0.25, 0.3) is 0 Å². The van der Waals surface area contributed by atoms with Gasteiger partial charge in [0, 0.05) is 25.7 Å². The van der Waals surface area contributed by atoms with E-state index in [9.17, 15) is 14.7 Å². The third kappa shape index (κ3) is 10.2. The van der Waals surface area contributed by atoms with Crippen molar-refractivity contribution < 1.29 is 66.8 Å². The molecule has 0 radical (unpaired) electrons. The summed E-state index contributed by atoms with van der Waals surface area (Å²) in [6.07, 6.45) is 16.3. The molecule has 10 aliphatic heterocycles. The minimum absolute atomic E-state index is 0.0800. The van der Waals surface area contributed by atoms with E-state index in [0.717, 1.165) is 31.3 Å². The van der Waals surface area contributed by atoms with Crippen LogP contribution in [0.4, 0.5) is 0 Å². The van der Waals surface area contributed by atoms with E-state index in [1.165, 1.54) is 0 Å². The third-order valence-electron chi connectivity index (χ3n) is 17.1. The molecule has 22 unspecified atom stereocenters. The zero-order chi connectivity index (χ0) is 48.3. The normalized spacial score (nSPS) is 49.1. The minimum Gasteiger partial charge on any atom is -0.459 e. The minimum atomic E-state index is -0.734. The van der Waals surface area contributed by atoms with Crippen LogP contribution in [0.2, 0.25) is 0 Å². The second kappa shape index (κ2) is 20.2. The first-order valence-electron chi connectivity index (χ1n) is 26.4. The smallest absolute Gasteiger partial charge is 0.338 e. The van der Waals surface area contributed by atoms with Gasteiger partial charge in [-0.3, -0.25) is 4.79 Å². The largest absolute Gasteiger partial charge is 0.459 e. The summed E-state index contributed by atoms with van der Waals surface area (Å²) in [4.78, 5) is 24.9. The molecule has 70 heavy (non-hydrogen) atoms. The van der Waals surface area contributed by atoms with Crippen molar-refractivity contribution in [3.8, 4) is 0 Å². The number of aliphatic hydroxyl groups excluding tert-OH is 1. The van der Waals surface area contributed by atoms with E-state index in [1.54, 1.807) is 24.3 Å². The van der Waals surface area contributed by atoms with Crippen LogP contribution >= 0.6 is 0 Å². The molecule has 0 amide bonds. The van der Waals surface area contributed by atoms with Crippen LogP contribution in [0.1, 0.15) is 122 Å². The summed E-state index contributed by atoms with van der Waals surface area (Å²) < 4.78 is 73.9. The number of carbonyl (C=O) groups is 2. The number of benzene rings is 1. The van der Waals surface area contributed by atoms with Crippen LogP contribution in [-0.4, -0.2) is 145 Å². The molecular formula is C56H74O14. The van der Waals surface area contributed by atoms with Crippen LogP contribution < -0.4 is 0 Å². The predicted octanol–water partition coefficient (Wildman–Crippen LogP) is 7.38. The second-order valence-corrected chi connectivity index (χ2v) is 22.8. The first kappa shape index (κ1) is 49.0. The zero-order valence-electron chi connectivity index (χ0n) is 41.3. The van der Waals surface area contributed by atoms with Gasteiger partial charge in [0.05, 0.1) is 103 Å². The molecule has 1 N–H and O–H groups in total. The molecule has 1 aromatic rings. The molecular weight excluding hydrogens is 897 g/mol. The van der Waals surface area contributed by atoms with Crippen molar-refractivity contribution >= 4 is 11.9 Å². The second-order valence-electron chi connectivity index (χ2n) is 22.8. The van der Waals surface area contributed by atoms with Crippen LogP contribution in [0.3, 0.4) is 0 Å². The summed E-state index contributed by atoms with van der Waals surface area (Å²) >= 11 is 0. The molecule has 0 bridgehead atoms. The number of esters is 2. The van der Waals surface area contributed by atoms with E-state index in [-0.39, 0.29) is 123 Å². The Kier molecular flexibility index (Phi) is 14.1. The van der Waals surface area contributed by atoms with Crippen LogP contribution in [0.25, 0.3) is 0 Å². The number of hydrogen-bond donors (Lipinski definition) is 1. The van der Waals surface area contributed by atoms with Crippen molar-refractivity contribution in [3.05, 3.63) is 84.5 Å². The topological polar surface area (TPSA) is 156 Å². The SMILES string of the molecule is C=C(COC(=O)c1ccccc1)CC1CC(O)C2OC3CC4(C)OC5/C=C\CC6OC7C(C)CC8OC9(C)CC(C)CC%10OC(=O)CC%10OC9CC8OC7C/C=C\CC6OC5C/C=C\C4OC3CC2O1. The van der Waals surface area contributed by atoms with Crippen molar-refractivity contribution in [2.24, 2.45) is 11.8 Å². The number of hydrogen-bond acceptors (Lipinski definition) is 14. The van der Waals surface area contributed by atoms with Gasteiger partial charge in [-0.25, -0.2) is 4.79 Å². The molecule has 0 aromatic heterocycles. The number of rotatable bonds is 5. The van der Waals surface area contributed by atoms with Gasteiger partial charge >= 0.3 is 11.9 Å². The summed E-state index contributed by atoms with van der Waals surface area (Å²) in [7, 11) is 0. The molecule has 1 aromatic carbocycles. The first-order valence-corrected chi connectivity index (χ1v) is 26.4.